The fourth-order valence-electron chi connectivity index (χ4n) is 1.26. The van der Waals surface area contributed by atoms with E-state index in [1.807, 2.05) is 0 Å². The predicted octanol–water partition coefficient (Wildman–Crippen LogP) is 3.75. The highest BCUT2D eigenvalue weighted by Gasteiger charge is 2.09. The molecule has 2 nitrogen and oxygen atoms in total. The summed E-state index contributed by atoms with van der Waals surface area (Å²) in [4.78, 5) is 0. The lowest BCUT2D eigenvalue weighted by Crippen LogP contribution is -1.84. The lowest BCUT2D eigenvalue weighted by atomic mass is 10.2. The maximum absolute atomic E-state index is 5.64. The molecule has 0 fully saturated rings. The van der Waals surface area contributed by atoms with E-state index in [9.17, 15) is 0 Å². The van der Waals surface area contributed by atoms with Gasteiger partial charge in [-0.25, -0.2) is 0 Å². The van der Waals surface area contributed by atoms with Gasteiger partial charge in [0.15, 0.2) is 0 Å². The molecule has 0 bridgehead atoms. The minimum Gasteiger partial charge on any atom is -0.151 e. The Balaban J connectivity index is 2.17. The monoisotopic (exact) mass is 258 g/mol. The maximum atomic E-state index is 5.64. The van der Waals surface area contributed by atoms with Crippen molar-refractivity contribution in [1.29, 1.82) is 0 Å². The first-order chi connectivity index (χ1) is 7.31. The Morgan fingerprint density at radius 3 is 2.87 bits per heavy atom. The first-order valence-corrected chi connectivity index (χ1v) is 7.02. The van der Waals surface area contributed by atoms with Gasteiger partial charge in [0.2, 0.25) is 0 Å². The second-order valence-electron chi connectivity index (χ2n) is 3.26. The van der Waals surface area contributed by atoms with Crippen LogP contribution in [0.2, 0.25) is 0 Å². The summed E-state index contributed by atoms with van der Waals surface area (Å²) in [5.74, 6) is 0.687. The molecule has 0 amide bonds. The van der Waals surface area contributed by atoms with E-state index < -0.39 is 0 Å². The Morgan fingerprint density at radius 2 is 2.20 bits per heavy atom. The van der Waals surface area contributed by atoms with Gasteiger partial charge in [0.25, 0.3) is 0 Å². The van der Waals surface area contributed by atoms with Crippen LogP contribution in [0.1, 0.15) is 17.0 Å². The second kappa shape index (κ2) is 5.05. The molecule has 0 aliphatic carbocycles. The van der Waals surface area contributed by atoms with Crippen molar-refractivity contribution in [1.82, 2.24) is 10.2 Å². The van der Waals surface area contributed by atoms with E-state index in [1.165, 1.54) is 11.1 Å². The molecule has 2 heterocycles. The van der Waals surface area contributed by atoms with Crippen LogP contribution in [0.15, 0.2) is 10.8 Å². The van der Waals surface area contributed by atoms with Crippen LogP contribution in [-0.2, 0) is 6.42 Å². The third-order valence-corrected chi connectivity index (χ3v) is 4.22. The summed E-state index contributed by atoms with van der Waals surface area (Å²) in [5.41, 5.74) is 2.50. The van der Waals surface area contributed by atoms with Crippen LogP contribution < -0.4 is 0 Å². The Labute approximate surface area is 102 Å². The molecule has 0 atom stereocenters. The Morgan fingerprint density at radius 1 is 1.33 bits per heavy atom. The number of hydrogen-bond donors (Lipinski definition) is 0. The molecule has 0 unspecified atom stereocenters. The van der Waals surface area contributed by atoms with Crippen LogP contribution in [0.4, 0.5) is 0 Å². The van der Waals surface area contributed by atoms with Crippen LogP contribution >= 0.6 is 34.3 Å². The molecule has 0 aliphatic heterocycles. The van der Waals surface area contributed by atoms with Crippen LogP contribution in [-0.4, -0.2) is 16.1 Å². The third kappa shape index (κ3) is 2.56. The van der Waals surface area contributed by atoms with E-state index in [0.717, 1.165) is 22.9 Å². The molecule has 2 aromatic rings. The van der Waals surface area contributed by atoms with Crippen molar-refractivity contribution in [2.45, 2.75) is 19.8 Å². The van der Waals surface area contributed by atoms with Crippen molar-refractivity contribution in [2.75, 3.05) is 5.88 Å². The lowest BCUT2D eigenvalue weighted by Gasteiger charge is -1.91. The lowest BCUT2D eigenvalue weighted by molar-refractivity contribution is 0.884. The minimum absolute atomic E-state index is 0.687. The van der Waals surface area contributed by atoms with Crippen molar-refractivity contribution in [3.8, 4) is 10.6 Å². The number of thiophene rings is 1. The molecule has 0 aromatic carbocycles. The van der Waals surface area contributed by atoms with Crippen LogP contribution in [0.3, 0.4) is 0 Å². The molecule has 15 heavy (non-hydrogen) atoms. The number of aromatic nitrogens is 2. The Kier molecular flexibility index (Phi) is 3.72. The largest absolute Gasteiger partial charge is 0.151 e. The highest BCUT2D eigenvalue weighted by Crippen LogP contribution is 2.29. The van der Waals surface area contributed by atoms with E-state index in [2.05, 4.69) is 27.9 Å². The van der Waals surface area contributed by atoms with E-state index in [0.29, 0.717) is 5.88 Å². The highest BCUT2D eigenvalue weighted by molar-refractivity contribution is 7.15. The van der Waals surface area contributed by atoms with Gasteiger partial charge >= 0.3 is 0 Å². The number of rotatable bonds is 4. The molecule has 0 spiro atoms. The molecule has 0 saturated heterocycles. The van der Waals surface area contributed by atoms with Crippen LogP contribution in [0, 0.1) is 6.92 Å². The summed E-state index contributed by atoms with van der Waals surface area (Å²) in [6, 6.07) is 0. The summed E-state index contributed by atoms with van der Waals surface area (Å²) in [6.07, 6.45) is 1.91. The van der Waals surface area contributed by atoms with Gasteiger partial charge in [-0.15, -0.1) is 21.8 Å². The summed E-state index contributed by atoms with van der Waals surface area (Å²) < 4.78 is 0. The normalized spacial score (nSPS) is 10.8. The first kappa shape index (κ1) is 11.0. The van der Waals surface area contributed by atoms with Gasteiger partial charge < -0.3 is 0 Å². The molecule has 80 valence electrons. The topological polar surface area (TPSA) is 25.8 Å². The van der Waals surface area contributed by atoms with Crippen LogP contribution in [0.25, 0.3) is 10.6 Å². The molecule has 0 N–H and O–H groups in total. The predicted molar refractivity (Wildman–Crippen MR) is 67.0 cm³/mol. The molecule has 2 rings (SSSR count). The van der Waals surface area contributed by atoms with Gasteiger partial charge in [0, 0.05) is 23.2 Å². The average molecular weight is 259 g/mol. The number of alkyl halides is 1. The van der Waals surface area contributed by atoms with Crippen molar-refractivity contribution in [3.05, 3.63) is 21.3 Å². The third-order valence-electron chi connectivity index (χ3n) is 2.08. The Hall–Kier alpha value is -0.450. The standard InChI is InChI=1S/C10H11ClN2S2/c1-7-5-14-6-8(7)10-13-12-9(15-10)3-2-4-11/h5-6H,2-4H2,1H3. The highest BCUT2D eigenvalue weighted by atomic mass is 35.5. The maximum Gasteiger partial charge on any atom is 0.148 e. The van der Waals surface area contributed by atoms with E-state index >= 15 is 0 Å². The van der Waals surface area contributed by atoms with E-state index in [-0.39, 0.29) is 0 Å². The zero-order valence-electron chi connectivity index (χ0n) is 8.36. The van der Waals surface area contributed by atoms with Gasteiger partial charge in [-0.3, -0.25) is 0 Å². The van der Waals surface area contributed by atoms with Crippen molar-refractivity contribution in [2.24, 2.45) is 0 Å². The van der Waals surface area contributed by atoms with Gasteiger partial charge in [-0.05, 0) is 24.3 Å². The minimum atomic E-state index is 0.687. The fourth-order valence-corrected chi connectivity index (χ4v) is 3.26. The first-order valence-electron chi connectivity index (χ1n) is 4.73. The molecule has 0 aliphatic rings. The van der Waals surface area contributed by atoms with Crippen molar-refractivity contribution in [3.63, 3.8) is 0 Å². The number of nitrogens with zero attached hydrogens (tertiary/aromatic N) is 2. The van der Waals surface area contributed by atoms with Crippen molar-refractivity contribution < 1.29 is 0 Å². The number of hydrogen-bond acceptors (Lipinski definition) is 4. The van der Waals surface area contributed by atoms with Gasteiger partial charge in [0.05, 0.1) is 0 Å². The summed E-state index contributed by atoms with van der Waals surface area (Å²) in [7, 11) is 0. The van der Waals surface area contributed by atoms with Gasteiger partial charge in [0.1, 0.15) is 10.0 Å². The zero-order chi connectivity index (χ0) is 10.7. The molecular formula is C10H11ClN2S2. The summed E-state index contributed by atoms with van der Waals surface area (Å²) in [5, 5.41) is 14.7. The number of halogens is 1. The zero-order valence-corrected chi connectivity index (χ0v) is 10.8. The van der Waals surface area contributed by atoms with E-state index in [4.69, 9.17) is 11.6 Å². The smallest absolute Gasteiger partial charge is 0.148 e. The van der Waals surface area contributed by atoms with Gasteiger partial charge in [-0.1, -0.05) is 11.3 Å². The summed E-state index contributed by atoms with van der Waals surface area (Å²) >= 11 is 9.02. The molecule has 0 saturated carbocycles. The van der Waals surface area contributed by atoms with Gasteiger partial charge in [-0.2, -0.15) is 11.3 Å². The van der Waals surface area contributed by atoms with E-state index in [1.54, 1.807) is 22.7 Å². The molecule has 0 radical (unpaired) electrons. The number of aryl methyl sites for hydroxylation is 2. The second-order valence-corrected chi connectivity index (χ2v) is 5.45. The van der Waals surface area contributed by atoms with Crippen LogP contribution in [0.5, 0.6) is 0 Å². The fraction of sp³-hybridized carbons (Fsp3) is 0.400. The van der Waals surface area contributed by atoms with Crippen molar-refractivity contribution >= 4 is 34.3 Å². The summed E-state index contributed by atoms with van der Waals surface area (Å²) in [6.45, 7) is 2.10. The molecule has 2 aromatic heterocycles. The quantitative estimate of drug-likeness (QED) is 0.781. The SMILES string of the molecule is Cc1cscc1-c1nnc(CCCCl)s1. The Bertz CT molecular complexity index is 436. The average Bonchev–Trinajstić information content (AvgIpc) is 2.83. The molecular weight excluding hydrogens is 248 g/mol. The molecule has 5 heteroatoms.